The second kappa shape index (κ2) is 6.40. The summed E-state index contributed by atoms with van der Waals surface area (Å²) >= 11 is 0. The first-order valence-electron chi connectivity index (χ1n) is 6.24. The van der Waals surface area contributed by atoms with Crippen molar-refractivity contribution >= 4 is 21.8 Å². The van der Waals surface area contributed by atoms with Gasteiger partial charge in [-0.2, -0.15) is 0 Å². The Hall–Kier alpha value is -1.35. The largest absolute Gasteiger partial charge is 0.480 e. The Balaban J connectivity index is 2.89. The fourth-order valence-corrected chi connectivity index (χ4v) is 3.76. The van der Waals surface area contributed by atoms with Crippen LogP contribution in [0.3, 0.4) is 0 Å². The molecule has 116 valence electrons. The number of carbonyl (C=O) groups excluding carboxylic acids is 1. The van der Waals surface area contributed by atoms with Gasteiger partial charge in [-0.15, -0.1) is 0 Å². The Labute approximate surface area is 117 Å². The molecular weight excluding hydrogens is 288 g/mol. The van der Waals surface area contributed by atoms with Gasteiger partial charge in [0.2, 0.25) is 0 Å². The third kappa shape index (κ3) is 4.07. The highest BCUT2D eigenvalue weighted by molar-refractivity contribution is 7.91. The molecule has 1 rings (SSSR count). The summed E-state index contributed by atoms with van der Waals surface area (Å²) < 4.78 is 22.9. The van der Waals surface area contributed by atoms with Gasteiger partial charge in [0.1, 0.15) is 6.54 Å². The van der Waals surface area contributed by atoms with Crippen LogP contribution in [0.5, 0.6) is 0 Å². The van der Waals surface area contributed by atoms with E-state index in [0.29, 0.717) is 0 Å². The lowest BCUT2D eigenvalue weighted by Gasteiger charge is -2.33. The SMILES string of the molecule is CC(CO)N(C)C(=O)N(CC(=O)O)C1CCS(=O)(=O)C1. The van der Waals surface area contributed by atoms with E-state index < -0.39 is 40.5 Å². The van der Waals surface area contributed by atoms with Crippen molar-refractivity contribution in [3.8, 4) is 0 Å². The standard InChI is InChI=1S/C11H20N2O6S/c1-8(6-14)12(2)11(17)13(5-10(15)16)9-3-4-20(18,19)7-9/h8-9,14H,3-7H2,1-2H3,(H,15,16). The fourth-order valence-electron chi connectivity index (χ4n) is 2.03. The minimum absolute atomic E-state index is 0.0413. The van der Waals surface area contributed by atoms with Gasteiger partial charge < -0.3 is 20.0 Å². The van der Waals surface area contributed by atoms with Crippen molar-refractivity contribution in [2.75, 3.05) is 31.7 Å². The number of hydrogen-bond acceptors (Lipinski definition) is 5. The van der Waals surface area contributed by atoms with Crippen LogP contribution in [-0.4, -0.2) is 84.2 Å². The van der Waals surface area contributed by atoms with Crippen LogP contribution in [0.2, 0.25) is 0 Å². The molecule has 0 aliphatic carbocycles. The highest BCUT2D eigenvalue weighted by Crippen LogP contribution is 2.19. The zero-order valence-electron chi connectivity index (χ0n) is 11.5. The first-order chi connectivity index (χ1) is 9.18. The Morgan fingerprint density at radius 1 is 1.40 bits per heavy atom. The lowest BCUT2D eigenvalue weighted by molar-refractivity contribution is -0.138. The number of rotatable bonds is 5. The molecule has 0 aromatic rings. The maximum atomic E-state index is 12.3. The van der Waals surface area contributed by atoms with Crippen LogP contribution in [-0.2, 0) is 14.6 Å². The van der Waals surface area contributed by atoms with Crippen molar-refractivity contribution in [3.63, 3.8) is 0 Å². The summed E-state index contributed by atoms with van der Waals surface area (Å²) in [4.78, 5) is 25.4. The minimum atomic E-state index is -3.22. The average molecular weight is 308 g/mol. The topological polar surface area (TPSA) is 115 Å². The molecule has 1 aliphatic heterocycles. The molecule has 0 spiro atoms. The number of hydrogen-bond donors (Lipinski definition) is 2. The van der Waals surface area contributed by atoms with Gasteiger partial charge in [0.25, 0.3) is 0 Å². The molecule has 9 heteroatoms. The number of carbonyl (C=O) groups is 2. The van der Waals surface area contributed by atoms with E-state index in [-0.39, 0.29) is 24.5 Å². The first-order valence-corrected chi connectivity index (χ1v) is 8.06. The van der Waals surface area contributed by atoms with Gasteiger partial charge >= 0.3 is 12.0 Å². The number of aliphatic hydroxyl groups excluding tert-OH is 1. The van der Waals surface area contributed by atoms with Crippen molar-refractivity contribution in [2.45, 2.75) is 25.4 Å². The van der Waals surface area contributed by atoms with E-state index in [1.807, 2.05) is 0 Å². The average Bonchev–Trinajstić information content (AvgIpc) is 2.73. The molecule has 0 aromatic carbocycles. The number of urea groups is 1. The van der Waals surface area contributed by atoms with E-state index in [4.69, 9.17) is 10.2 Å². The number of amides is 2. The number of carboxylic acids is 1. The smallest absolute Gasteiger partial charge is 0.323 e. The second-order valence-corrected chi connectivity index (χ2v) is 7.23. The van der Waals surface area contributed by atoms with Gasteiger partial charge in [0.05, 0.1) is 24.2 Å². The van der Waals surface area contributed by atoms with Crippen molar-refractivity contribution < 1.29 is 28.2 Å². The summed E-state index contributed by atoms with van der Waals surface area (Å²) in [7, 11) is -1.77. The van der Waals surface area contributed by atoms with Gasteiger partial charge in [-0.05, 0) is 13.3 Å². The van der Waals surface area contributed by atoms with Gasteiger partial charge in [0.15, 0.2) is 9.84 Å². The molecule has 1 aliphatic rings. The molecule has 1 heterocycles. The molecule has 2 amide bonds. The van der Waals surface area contributed by atoms with Gasteiger partial charge in [0, 0.05) is 13.1 Å². The normalized spacial score (nSPS) is 22.2. The van der Waals surface area contributed by atoms with E-state index in [1.54, 1.807) is 6.92 Å². The summed E-state index contributed by atoms with van der Waals surface area (Å²) in [6.07, 6.45) is 0.239. The Kier molecular flexibility index (Phi) is 5.35. The molecule has 2 atom stereocenters. The molecule has 2 N–H and O–H groups in total. The molecule has 8 nitrogen and oxygen atoms in total. The summed E-state index contributed by atoms with van der Waals surface area (Å²) in [6, 6.07) is -1.69. The number of carboxylic acid groups (broad SMARTS) is 1. The molecule has 1 saturated heterocycles. The van der Waals surface area contributed by atoms with Gasteiger partial charge in [-0.25, -0.2) is 13.2 Å². The van der Waals surface area contributed by atoms with Gasteiger partial charge in [-0.3, -0.25) is 4.79 Å². The van der Waals surface area contributed by atoms with Crippen LogP contribution in [0.25, 0.3) is 0 Å². The van der Waals surface area contributed by atoms with E-state index in [0.717, 1.165) is 4.90 Å². The molecule has 0 aromatic heterocycles. The molecule has 2 unspecified atom stereocenters. The summed E-state index contributed by atoms with van der Waals surface area (Å²) in [5.41, 5.74) is 0. The number of aliphatic hydroxyl groups is 1. The van der Waals surface area contributed by atoms with Gasteiger partial charge in [-0.1, -0.05) is 0 Å². The van der Waals surface area contributed by atoms with E-state index in [9.17, 15) is 18.0 Å². The maximum absolute atomic E-state index is 12.3. The molecule has 1 fully saturated rings. The van der Waals surface area contributed by atoms with Crippen molar-refractivity contribution in [1.82, 2.24) is 9.80 Å². The molecule has 0 radical (unpaired) electrons. The van der Waals surface area contributed by atoms with E-state index in [1.165, 1.54) is 11.9 Å². The quantitative estimate of drug-likeness (QED) is 0.672. The van der Waals surface area contributed by atoms with Crippen molar-refractivity contribution in [1.29, 1.82) is 0 Å². The van der Waals surface area contributed by atoms with Crippen LogP contribution in [0.15, 0.2) is 0 Å². The Morgan fingerprint density at radius 3 is 2.40 bits per heavy atom. The maximum Gasteiger partial charge on any atom is 0.323 e. The van der Waals surface area contributed by atoms with Crippen LogP contribution in [0, 0.1) is 0 Å². The number of nitrogens with zero attached hydrogens (tertiary/aromatic N) is 2. The summed E-state index contributed by atoms with van der Waals surface area (Å²) in [5, 5.41) is 17.9. The third-order valence-corrected chi connectivity index (χ3v) is 5.18. The number of sulfone groups is 1. The highest BCUT2D eigenvalue weighted by Gasteiger charge is 2.37. The van der Waals surface area contributed by atoms with Crippen LogP contribution in [0.1, 0.15) is 13.3 Å². The zero-order chi connectivity index (χ0) is 15.5. The van der Waals surface area contributed by atoms with E-state index >= 15 is 0 Å². The Morgan fingerprint density at radius 2 is 2.00 bits per heavy atom. The van der Waals surface area contributed by atoms with Crippen LogP contribution in [0.4, 0.5) is 4.79 Å². The van der Waals surface area contributed by atoms with Crippen molar-refractivity contribution in [3.05, 3.63) is 0 Å². The monoisotopic (exact) mass is 308 g/mol. The van der Waals surface area contributed by atoms with Crippen molar-refractivity contribution in [2.24, 2.45) is 0 Å². The number of likely N-dealkylation sites (N-methyl/N-ethyl adjacent to an activating group) is 1. The molecule has 0 bridgehead atoms. The summed E-state index contributed by atoms with van der Waals surface area (Å²) in [6.45, 7) is 0.801. The predicted octanol–water partition coefficient (Wildman–Crippen LogP) is -1.01. The summed E-state index contributed by atoms with van der Waals surface area (Å²) in [5.74, 6) is -1.46. The van der Waals surface area contributed by atoms with E-state index in [2.05, 4.69) is 0 Å². The number of aliphatic carboxylic acids is 1. The third-order valence-electron chi connectivity index (χ3n) is 3.43. The second-order valence-electron chi connectivity index (χ2n) is 5.00. The lowest BCUT2D eigenvalue weighted by atomic mass is 10.2. The minimum Gasteiger partial charge on any atom is -0.480 e. The fraction of sp³-hybridized carbons (Fsp3) is 0.818. The predicted molar refractivity (Wildman–Crippen MR) is 71.1 cm³/mol. The molecule has 20 heavy (non-hydrogen) atoms. The Bertz CT molecular complexity index is 477. The molecular formula is C11H20N2O6S. The van der Waals surface area contributed by atoms with Crippen LogP contribution < -0.4 is 0 Å². The molecule has 0 saturated carbocycles. The zero-order valence-corrected chi connectivity index (χ0v) is 12.3. The highest BCUT2D eigenvalue weighted by atomic mass is 32.2. The lowest BCUT2D eigenvalue weighted by Crippen LogP contribution is -2.52. The first kappa shape index (κ1) is 16.7. The van der Waals surface area contributed by atoms with Crippen LogP contribution >= 0.6 is 0 Å².